The summed E-state index contributed by atoms with van der Waals surface area (Å²) in [6.07, 6.45) is 1.73. The van der Waals surface area contributed by atoms with E-state index in [9.17, 15) is 0 Å². The van der Waals surface area contributed by atoms with Crippen LogP contribution in [0.4, 0.5) is 0 Å². The third-order valence-corrected chi connectivity index (χ3v) is 4.77. The van der Waals surface area contributed by atoms with E-state index in [0.717, 1.165) is 42.2 Å². The second kappa shape index (κ2) is 8.61. The van der Waals surface area contributed by atoms with Crippen molar-refractivity contribution >= 4 is 11.0 Å². The van der Waals surface area contributed by atoms with E-state index < -0.39 is 0 Å². The summed E-state index contributed by atoms with van der Waals surface area (Å²) >= 11 is 0. The number of ether oxygens (including phenoxy) is 2. The third-order valence-electron chi connectivity index (χ3n) is 4.77. The number of fused-ring (bicyclic) bond motifs is 1. The summed E-state index contributed by atoms with van der Waals surface area (Å²) in [6, 6.07) is 26.5. The first-order chi connectivity index (χ1) is 13.8. The van der Waals surface area contributed by atoms with Crippen LogP contribution in [-0.2, 0) is 13.0 Å². The van der Waals surface area contributed by atoms with Crippen LogP contribution in [0.3, 0.4) is 0 Å². The van der Waals surface area contributed by atoms with Gasteiger partial charge in [-0.15, -0.1) is 0 Å². The van der Waals surface area contributed by atoms with Crippen LogP contribution in [-0.4, -0.2) is 23.3 Å². The van der Waals surface area contributed by atoms with Crippen LogP contribution >= 0.6 is 0 Å². The monoisotopic (exact) mass is 372 g/mol. The fourth-order valence-electron chi connectivity index (χ4n) is 3.39. The predicted molar refractivity (Wildman–Crippen MR) is 112 cm³/mol. The largest absolute Gasteiger partial charge is 0.497 e. The molecule has 0 amide bonds. The molecule has 1 heterocycles. The lowest BCUT2D eigenvalue weighted by atomic mass is 10.1. The molecule has 0 saturated carbocycles. The number of hydrogen-bond donors (Lipinski definition) is 0. The summed E-state index contributed by atoms with van der Waals surface area (Å²) in [5.41, 5.74) is 3.49. The Morgan fingerprint density at radius 1 is 0.857 bits per heavy atom. The minimum atomic E-state index is 0.643. The van der Waals surface area contributed by atoms with E-state index in [0.29, 0.717) is 6.61 Å². The zero-order valence-electron chi connectivity index (χ0n) is 16.0. The third kappa shape index (κ3) is 4.17. The number of hydrogen-bond acceptors (Lipinski definition) is 3. The summed E-state index contributed by atoms with van der Waals surface area (Å²) in [5, 5.41) is 0. The summed E-state index contributed by atoms with van der Waals surface area (Å²) in [4.78, 5) is 4.87. The van der Waals surface area contributed by atoms with Gasteiger partial charge in [-0.1, -0.05) is 48.5 Å². The molecule has 0 aliphatic heterocycles. The molecular weight excluding hydrogens is 348 g/mol. The zero-order chi connectivity index (χ0) is 19.2. The SMILES string of the molecule is COc1cccc(OCCCn2c(Cc3ccccc3)nc3ccccc32)c1. The van der Waals surface area contributed by atoms with Gasteiger partial charge in [-0.3, -0.25) is 0 Å². The zero-order valence-corrected chi connectivity index (χ0v) is 16.0. The van der Waals surface area contributed by atoms with Crippen LogP contribution in [0.5, 0.6) is 11.5 Å². The highest BCUT2D eigenvalue weighted by Gasteiger charge is 2.11. The van der Waals surface area contributed by atoms with Crippen molar-refractivity contribution in [3.8, 4) is 11.5 Å². The topological polar surface area (TPSA) is 36.3 Å². The number of aromatic nitrogens is 2. The van der Waals surface area contributed by atoms with Crippen molar-refractivity contribution in [2.75, 3.05) is 13.7 Å². The molecule has 4 nitrogen and oxygen atoms in total. The summed E-state index contributed by atoms with van der Waals surface area (Å²) in [6.45, 7) is 1.51. The minimum Gasteiger partial charge on any atom is -0.497 e. The van der Waals surface area contributed by atoms with E-state index >= 15 is 0 Å². The molecule has 142 valence electrons. The van der Waals surface area contributed by atoms with Crippen LogP contribution in [0.15, 0.2) is 78.9 Å². The molecule has 4 heteroatoms. The molecule has 1 aromatic heterocycles. The first-order valence-corrected chi connectivity index (χ1v) is 9.58. The van der Waals surface area contributed by atoms with Crippen molar-refractivity contribution in [3.05, 3.63) is 90.3 Å². The average Bonchev–Trinajstić information content (AvgIpc) is 3.09. The number of aryl methyl sites for hydroxylation is 1. The molecule has 0 spiro atoms. The molecule has 4 rings (SSSR count). The van der Waals surface area contributed by atoms with Gasteiger partial charge in [-0.25, -0.2) is 4.98 Å². The molecule has 0 saturated heterocycles. The molecule has 0 unspecified atom stereocenters. The molecule has 0 aliphatic rings. The molecule has 0 N–H and O–H groups in total. The summed E-state index contributed by atoms with van der Waals surface area (Å²) < 4.78 is 13.5. The lowest BCUT2D eigenvalue weighted by Crippen LogP contribution is -2.08. The van der Waals surface area contributed by atoms with E-state index in [1.54, 1.807) is 7.11 Å². The van der Waals surface area contributed by atoms with Crippen molar-refractivity contribution in [1.29, 1.82) is 0 Å². The number of rotatable bonds is 8. The summed E-state index contributed by atoms with van der Waals surface area (Å²) in [7, 11) is 1.66. The molecule has 0 atom stereocenters. The minimum absolute atomic E-state index is 0.643. The van der Waals surface area contributed by atoms with Crippen molar-refractivity contribution in [1.82, 2.24) is 9.55 Å². The maximum Gasteiger partial charge on any atom is 0.122 e. The van der Waals surface area contributed by atoms with Crippen molar-refractivity contribution < 1.29 is 9.47 Å². The van der Waals surface area contributed by atoms with Gasteiger partial charge in [0, 0.05) is 19.0 Å². The van der Waals surface area contributed by atoms with Crippen LogP contribution in [0.25, 0.3) is 11.0 Å². The quantitative estimate of drug-likeness (QED) is 0.404. The van der Waals surface area contributed by atoms with E-state index in [1.165, 1.54) is 11.1 Å². The Kier molecular flexibility index (Phi) is 5.57. The lowest BCUT2D eigenvalue weighted by molar-refractivity contribution is 0.299. The Morgan fingerprint density at radius 2 is 1.64 bits per heavy atom. The van der Waals surface area contributed by atoms with Crippen LogP contribution in [0, 0.1) is 0 Å². The number of benzene rings is 3. The van der Waals surface area contributed by atoms with Crippen molar-refractivity contribution in [2.45, 2.75) is 19.4 Å². The van der Waals surface area contributed by atoms with Gasteiger partial charge in [0.1, 0.15) is 17.3 Å². The maximum atomic E-state index is 5.90. The fourth-order valence-corrected chi connectivity index (χ4v) is 3.39. The predicted octanol–water partition coefficient (Wildman–Crippen LogP) is 5.10. The summed E-state index contributed by atoms with van der Waals surface area (Å²) in [5.74, 6) is 2.73. The number of methoxy groups -OCH3 is 1. The molecule has 28 heavy (non-hydrogen) atoms. The molecule has 0 bridgehead atoms. The highest BCUT2D eigenvalue weighted by atomic mass is 16.5. The second-order valence-electron chi connectivity index (χ2n) is 6.71. The Balaban J connectivity index is 1.47. The van der Waals surface area contributed by atoms with Crippen LogP contribution in [0.2, 0.25) is 0 Å². The van der Waals surface area contributed by atoms with Crippen molar-refractivity contribution in [3.63, 3.8) is 0 Å². The van der Waals surface area contributed by atoms with Crippen LogP contribution in [0.1, 0.15) is 17.8 Å². The van der Waals surface area contributed by atoms with Gasteiger partial charge >= 0.3 is 0 Å². The molecule has 4 aromatic rings. The van der Waals surface area contributed by atoms with E-state index in [-0.39, 0.29) is 0 Å². The Bertz CT molecular complexity index is 1040. The highest BCUT2D eigenvalue weighted by molar-refractivity contribution is 5.76. The highest BCUT2D eigenvalue weighted by Crippen LogP contribution is 2.21. The number of imidazole rings is 1. The van der Waals surface area contributed by atoms with Gasteiger partial charge < -0.3 is 14.0 Å². The van der Waals surface area contributed by atoms with E-state index in [1.807, 2.05) is 36.4 Å². The number of para-hydroxylation sites is 2. The molecule has 0 radical (unpaired) electrons. The number of nitrogens with zero attached hydrogens (tertiary/aromatic N) is 2. The molecule has 0 fully saturated rings. The Labute approximate surface area is 165 Å². The first-order valence-electron chi connectivity index (χ1n) is 9.58. The van der Waals surface area contributed by atoms with E-state index in [4.69, 9.17) is 14.5 Å². The smallest absolute Gasteiger partial charge is 0.122 e. The normalized spacial score (nSPS) is 10.9. The fraction of sp³-hybridized carbons (Fsp3) is 0.208. The Hall–Kier alpha value is -3.27. The molecule has 0 aliphatic carbocycles. The second-order valence-corrected chi connectivity index (χ2v) is 6.71. The van der Waals surface area contributed by atoms with Gasteiger partial charge in [-0.05, 0) is 36.2 Å². The van der Waals surface area contributed by atoms with Gasteiger partial charge in [0.15, 0.2) is 0 Å². The van der Waals surface area contributed by atoms with Gasteiger partial charge in [0.05, 0.1) is 24.8 Å². The van der Waals surface area contributed by atoms with Crippen LogP contribution < -0.4 is 9.47 Å². The first kappa shape index (κ1) is 18.1. The van der Waals surface area contributed by atoms with E-state index in [2.05, 4.69) is 47.0 Å². The van der Waals surface area contributed by atoms with Gasteiger partial charge in [0.2, 0.25) is 0 Å². The average molecular weight is 372 g/mol. The lowest BCUT2D eigenvalue weighted by Gasteiger charge is -2.11. The van der Waals surface area contributed by atoms with Crippen molar-refractivity contribution in [2.24, 2.45) is 0 Å². The Morgan fingerprint density at radius 3 is 2.50 bits per heavy atom. The molecule has 3 aromatic carbocycles. The molecular formula is C24H24N2O2. The standard InChI is InChI=1S/C24H24N2O2/c1-27-20-11-7-12-21(18-20)28-16-8-15-26-23-14-6-5-13-22(23)25-24(26)17-19-9-3-2-4-10-19/h2-7,9-14,18H,8,15-17H2,1H3. The maximum absolute atomic E-state index is 5.90. The van der Waals surface area contributed by atoms with Gasteiger partial charge in [-0.2, -0.15) is 0 Å². The van der Waals surface area contributed by atoms with Gasteiger partial charge in [0.25, 0.3) is 0 Å².